The average Bonchev–Trinajstić information content (AvgIpc) is 3.31. The van der Waals surface area contributed by atoms with Gasteiger partial charge in [-0.25, -0.2) is 4.98 Å². The van der Waals surface area contributed by atoms with Crippen LogP contribution in [-0.4, -0.2) is 39.0 Å². The van der Waals surface area contributed by atoms with Crippen LogP contribution in [0.1, 0.15) is 24.1 Å². The van der Waals surface area contributed by atoms with Gasteiger partial charge in [-0.05, 0) is 43.5 Å². The number of aryl methyl sites for hydroxylation is 1. The molecule has 0 bridgehead atoms. The summed E-state index contributed by atoms with van der Waals surface area (Å²) >= 11 is 0. The van der Waals surface area contributed by atoms with Gasteiger partial charge in [0.2, 0.25) is 0 Å². The van der Waals surface area contributed by atoms with Crippen LogP contribution in [0.25, 0.3) is 11.7 Å². The van der Waals surface area contributed by atoms with Crippen LogP contribution in [0.15, 0.2) is 30.1 Å². The van der Waals surface area contributed by atoms with E-state index in [-0.39, 0.29) is 5.57 Å². The highest BCUT2D eigenvalue weighted by atomic mass is 19.4. The maximum Gasteiger partial charge on any atom is 0.406 e. The number of carbonyl (C=O) groups excluding carboxylic acids is 1. The second kappa shape index (κ2) is 6.24. The number of aromatic nitrogens is 2. The van der Waals surface area contributed by atoms with E-state index in [0.29, 0.717) is 24.2 Å². The molecule has 1 aliphatic rings. The molecular weight excluding hydrogens is 333 g/mol. The minimum atomic E-state index is -4.50. The van der Waals surface area contributed by atoms with Gasteiger partial charge in [0.25, 0.3) is 5.91 Å². The Morgan fingerprint density at radius 1 is 1.52 bits per heavy atom. The average molecular weight is 348 g/mol. The zero-order chi connectivity index (χ0) is 18.2. The van der Waals surface area contributed by atoms with Gasteiger partial charge in [0.05, 0.1) is 11.9 Å². The van der Waals surface area contributed by atoms with E-state index >= 15 is 0 Å². The molecule has 3 rings (SSSR count). The highest BCUT2D eigenvalue weighted by molar-refractivity contribution is 6.01. The zero-order valence-corrected chi connectivity index (χ0v) is 13.4. The Morgan fingerprint density at radius 2 is 2.24 bits per heavy atom. The van der Waals surface area contributed by atoms with Crippen LogP contribution in [0.4, 0.5) is 13.2 Å². The van der Waals surface area contributed by atoms with Crippen LogP contribution in [0.3, 0.4) is 0 Å². The molecule has 5 nitrogen and oxygen atoms in total. The lowest BCUT2D eigenvalue weighted by atomic mass is 10.2. The summed E-state index contributed by atoms with van der Waals surface area (Å²) in [6, 6.07) is 4.94. The molecule has 0 saturated heterocycles. The van der Waals surface area contributed by atoms with E-state index in [1.165, 1.54) is 12.3 Å². The van der Waals surface area contributed by atoms with E-state index < -0.39 is 24.7 Å². The van der Waals surface area contributed by atoms with Gasteiger partial charge in [0, 0.05) is 12.2 Å². The number of pyridine rings is 1. The predicted octanol–water partition coefficient (Wildman–Crippen LogP) is 3.10. The molecule has 1 aliphatic carbocycles. The first-order chi connectivity index (χ1) is 11.8. The molecule has 0 atom stereocenters. The number of amides is 1. The highest BCUT2D eigenvalue weighted by Gasteiger charge is 2.41. The number of nitriles is 1. The number of alkyl halides is 3. The van der Waals surface area contributed by atoms with Crippen LogP contribution >= 0.6 is 0 Å². The lowest BCUT2D eigenvalue weighted by Crippen LogP contribution is -2.41. The third-order valence-corrected chi connectivity index (χ3v) is 3.94. The highest BCUT2D eigenvalue weighted by Crippen LogP contribution is 2.31. The summed E-state index contributed by atoms with van der Waals surface area (Å²) in [6.45, 7) is 0.556. The molecule has 1 amide bonds. The van der Waals surface area contributed by atoms with E-state index in [1.54, 1.807) is 16.7 Å². The van der Waals surface area contributed by atoms with Crippen molar-refractivity contribution < 1.29 is 18.0 Å². The maximum absolute atomic E-state index is 12.7. The van der Waals surface area contributed by atoms with Crippen molar-refractivity contribution in [2.75, 3.05) is 6.54 Å². The fourth-order valence-corrected chi connectivity index (χ4v) is 2.60. The van der Waals surface area contributed by atoms with Gasteiger partial charge >= 0.3 is 6.18 Å². The number of hydrogen-bond acceptors (Lipinski definition) is 3. The summed E-state index contributed by atoms with van der Waals surface area (Å²) < 4.78 is 39.9. The van der Waals surface area contributed by atoms with Crippen LogP contribution < -0.4 is 0 Å². The van der Waals surface area contributed by atoms with Crippen molar-refractivity contribution in [1.29, 1.82) is 5.26 Å². The summed E-state index contributed by atoms with van der Waals surface area (Å²) in [6.07, 6.45) is 1.04. The van der Waals surface area contributed by atoms with Crippen LogP contribution in [0.5, 0.6) is 0 Å². The first-order valence-corrected chi connectivity index (χ1v) is 7.72. The summed E-state index contributed by atoms with van der Waals surface area (Å²) in [5.74, 6) is -0.899. The Morgan fingerprint density at radius 3 is 2.84 bits per heavy atom. The molecule has 8 heteroatoms. The first kappa shape index (κ1) is 17.0. The molecule has 0 N–H and O–H groups in total. The van der Waals surface area contributed by atoms with E-state index in [9.17, 15) is 23.2 Å². The van der Waals surface area contributed by atoms with Gasteiger partial charge in [-0.3, -0.25) is 4.79 Å². The van der Waals surface area contributed by atoms with Crippen molar-refractivity contribution in [3.8, 4) is 6.07 Å². The molecule has 2 aromatic heterocycles. The molecule has 0 radical (unpaired) electrons. The summed E-state index contributed by atoms with van der Waals surface area (Å²) in [5, 5.41) is 9.28. The molecular formula is C17H15F3N4O. The lowest BCUT2D eigenvalue weighted by molar-refractivity contribution is -0.159. The largest absolute Gasteiger partial charge is 0.406 e. The SMILES string of the molecule is Cc1ccn2c(/C=C(\C#N)C(=O)N(CC(F)(F)F)C3CC3)cnc2c1. The monoisotopic (exact) mass is 348 g/mol. The van der Waals surface area contributed by atoms with Gasteiger partial charge < -0.3 is 9.30 Å². The van der Waals surface area contributed by atoms with Crippen LogP contribution in [0, 0.1) is 18.3 Å². The Balaban J connectivity index is 1.93. The van der Waals surface area contributed by atoms with Crippen molar-refractivity contribution in [1.82, 2.24) is 14.3 Å². The molecule has 25 heavy (non-hydrogen) atoms. The molecule has 130 valence electrons. The van der Waals surface area contributed by atoms with Crippen molar-refractivity contribution in [2.45, 2.75) is 32.0 Å². The standard InChI is InChI=1S/C17H15F3N4O/c1-11-4-5-23-14(9-22-15(23)6-11)7-12(8-21)16(25)24(13-2-3-13)10-17(18,19)20/h4-7,9,13H,2-3,10H2,1H3/b12-7+. The number of nitrogens with zero attached hydrogens (tertiary/aromatic N) is 4. The van der Waals surface area contributed by atoms with Gasteiger partial charge in [-0.15, -0.1) is 0 Å². The first-order valence-electron chi connectivity index (χ1n) is 7.72. The molecule has 2 heterocycles. The third-order valence-electron chi connectivity index (χ3n) is 3.94. The van der Waals surface area contributed by atoms with E-state index in [2.05, 4.69) is 4.98 Å². The molecule has 0 aromatic carbocycles. The second-order valence-electron chi connectivity index (χ2n) is 6.06. The number of imidazole rings is 1. The fraction of sp³-hybridized carbons (Fsp3) is 0.353. The smallest absolute Gasteiger partial charge is 0.326 e. The molecule has 1 saturated carbocycles. The predicted molar refractivity (Wildman–Crippen MR) is 84.3 cm³/mol. The number of fused-ring (bicyclic) bond motifs is 1. The zero-order valence-electron chi connectivity index (χ0n) is 13.4. The third kappa shape index (κ3) is 3.82. The summed E-state index contributed by atoms with van der Waals surface area (Å²) in [5.41, 5.74) is 1.75. The number of hydrogen-bond donors (Lipinski definition) is 0. The van der Waals surface area contributed by atoms with Crippen molar-refractivity contribution >= 4 is 17.6 Å². The quantitative estimate of drug-likeness (QED) is 0.630. The van der Waals surface area contributed by atoms with Crippen LogP contribution in [0.2, 0.25) is 0 Å². The maximum atomic E-state index is 12.7. The Kier molecular flexibility index (Phi) is 4.25. The van der Waals surface area contributed by atoms with Crippen LogP contribution in [-0.2, 0) is 4.79 Å². The lowest BCUT2D eigenvalue weighted by Gasteiger charge is -2.23. The number of rotatable bonds is 4. The van der Waals surface area contributed by atoms with E-state index in [4.69, 9.17) is 0 Å². The van der Waals surface area contributed by atoms with Gasteiger partial charge in [0.1, 0.15) is 23.8 Å². The minimum Gasteiger partial charge on any atom is -0.326 e. The van der Waals surface area contributed by atoms with Gasteiger partial charge in [-0.2, -0.15) is 18.4 Å². The topological polar surface area (TPSA) is 61.4 Å². The van der Waals surface area contributed by atoms with Crippen molar-refractivity contribution in [2.24, 2.45) is 0 Å². The van der Waals surface area contributed by atoms with Crippen molar-refractivity contribution in [3.63, 3.8) is 0 Å². The van der Waals surface area contributed by atoms with Gasteiger partial charge in [0.15, 0.2) is 0 Å². The second-order valence-corrected chi connectivity index (χ2v) is 6.06. The molecule has 2 aromatic rings. The Bertz CT molecular complexity index is 887. The van der Waals surface area contributed by atoms with E-state index in [0.717, 1.165) is 10.5 Å². The Labute approximate surface area is 142 Å². The number of carbonyl (C=O) groups is 1. The minimum absolute atomic E-state index is 0.335. The normalized spacial score (nSPS) is 15.2. The Hall–Kier alpha value is -2.82. The summed E-state index contributed by atoms with van der Waals surface area (Å²) in [4.78, 5) is 17.4. The molecule has 1 fully saturated rings. The molecule has 0 aliphatic heterocycles. The van der Waals surface area contributed by atoms with Crippen molar-refractivity contribution in [3.05, 3.63) is 41.4 Å². The number of halogens is 3. The summed E-state index contributed by atoms with van der Waals surface area (Å²) in [7, 11) is 0. The van der Waals surface area contributed by atoms with Gasteiger partial charge in [-0.1, -0.05) is 0 Å². The fourth-order valence-electron chi connectivity index (χ4n) is 2.60. The molecule has 0 spiro atoms. The molecule has 0 unspecified atom stereocenters. The van der Waals surface area contributed by atoms with E-state index in [1.807, 2.05) is 19.1 Å².